The molecule has 2 rings (SSSR count). The van der Waals surface area contributed by atoms with Crippen LogP contribution in [0.1, 0.15) is 38.8 Å². The SMILES string of the molecule is CN[C@@H](C)C(=O)N[C@H](C(=O)N1Cc2cc(OC)ccc2C[C@H]1CN)C(C)(C)C. The van der Waals surface area contributed by atoms with Crippen molar-refractivity contribution in [3.05, 3.63) is 29.3 Å². The number of hydrogen-bond donors (Lipinski definition) is 3. The van der Waals surface area contributed by atoms with Crippen LogP contribution in [-0.4, -0.2) is 55.5 Å². The van der Waals surface area contributed by atoms with E-state index in [0.29, 0.717) is 19.5 Å². The molecule has 1 aliphatic heterocycles. The van der Waals surface area contributed by atoms with E-state index in [1.807, 2.05) is 43.9 Å². The van der Waals surface area contributed by atoms with Gasteiger partial charge in [-0.1, -0.05) is 26.8 Å². The third-order valence-electron chi connectivity index (χ3n) is 5.43. The van der Waals surface area contributed by atoms with Crippen LogP contribution in [0.5, 0.6) is 5.75 Å². The molecule has 7 nitrogen and oxygen atoms in total. The molecular formula is C21H34N4O3. The van der Waals surface area contributed by atoms with E-state index in [2.05, 4.69) is 10.6 Å². The van der Waals surface area contributed by atoms with Crippen molar-refractivity contribution in [1.82, 2.24) is 15.5 Å². The number of rotatable bonds is 6. The molecule has 7 heteroatoms. The molecule has 0 aromatic heterocycles. The van der Waals surface area contributed by atoms with Crippen LogP contribution in [0.4, 0.5) is 0 Å². The van der Waals surface area contributed by atoms with Gasteiger partial charge in [-0.25, -0.2) is 0 Å². The molecular weight excluding hydrogens is 356 g/mol. The number of hydrogen-bond acceptors (Lipinski definition) is 5. The first-order valence-electron chi connectivity index (χ1n) is 9.76. The second kappa shape index (κ2) is 8.92. The molecule has 0 spiro atoms. The summed E-state index contributed by atoms with van der Waals surface area (Å²) in [5.74, 6) is 0.466. The molecule has 1 aromatic carbocycles. The Hall–Kier alpha value is -2.12. The van der Waals surface area contributed by atoms with Crippen molar-refractivity contribution in [2.75, 3.05) is 20.7 Å². The first kappa shape index (κ1) is 22.2. The Morgan fingerprint density at radius 1 is 1.32 bits per heavy atom. The number of amides is 2. The zero-order chi connectivity index (χ0) is 21.1. The van der Waals surface area contributed by atoms with E-state index in [-0.39, 0.29) is 23.9 Å². The van der Waals surface area contributed by atoms with Gasteiger partial charge in [0, 0.05) is 19.1 Å². The number of ether oxygens (including phenoxy) is 1. The maximum absolute atomic E-state index is 13.5. The predicted octanol–water partition coefficient (Wildman–Crippen LogP) is 1.05. The standard InChI is InChI=1S/C21H34N4O3/c1-13(23-5)19(26)24-18(21(2,3)4)20(27)25-12-15-10-17(28-6)8-7-14(15)9-16(25)11-22/h7-8,10,13,16,18,23H,9,11-12,22H2,1-6H3,(H,24,26)/t13-,16-,18+/m0/s1. The fraction of sp³-hybridized carbons (Fsp3) is 0.619. The Labute approximate surface area is 168 Å². The van der Waals surface area contributed by atoms with Crippen molar-refractivity contribution in [1.29, 1.82) is 0 Å². The molecule has 1 aromatic rings. The van der Waals surface area contributed by atoms with Gasteiger partial charge in [0.25, 0.3) is 0 Å². The Balaban J connectivity index is 2.32. The van der Waals surface area contributed by atoms with Crippen LogP contribution in [0.25, 0.3) is 0 Å². The van der Waals surface area contributed by atoms with E-state index in [4.69, 9.17) is 10.5 Å². The predicted molar refractivity (Wildman–Crippen MR) is 110 cm³/mol. The van der Waals surface area contributed by atoms with E-state index >= 15 is 0 Å². The minimum Gasteiger partial charge on any atom is -0.497 e. The number of nitrogens with two attached hydrogens (primary N) is 1. The molecule has 0 saturated carbocycles. The molecule has 1 heterocycles. The Morgan fingerprint density at radius 2 is 2.00 bits per heavy atom. The number of carbonyl (C=O) groups is 2. The summed E-state index contributed by atoms with van der Waals surface area (Å²) in [6.45, 7) is 8.46. The monoisotopic (exact) mass is 390 g/mol. The van der Waals surface area contributed by atoms with Crippen LogP contribution < -0.4 is 21.1 Å². The van der Waals surface area contributed by atoms with Gasteiger partial charge >= 0.3 is 0 Å². The third kappa shape index (κ3) is 4.83. The summed E-state index contributed by atoms with van der Waals surface area (Å²) in [6, 6.07) is 4.82. The minimum atomic E-state index is -0.642. The largest absolute Gasteiger partial charge is 0.497 e. The number of carbonyl (C=O) groups excluding carboxylic acids is 2. The number of nitrogens with one attached hydrogen (secondary N) is 2. The molecule has 0 saturated heterocycles. The molecule has 0 bridgehead atoms. The van der Waals surface area contributed by atoms with Crippen LogP contribution in [0.15, 0.2) is 18.2 Å². The first-order valence-corrected chi connectivity index (χ1v) is 9.76. The number of nitrogens with zero attached hydrogens (tertiary/aromatic N) is 1. The van der Waals surface area contributed by atoms with Crippen molar-refractivity contribution in [3.63, 3.8) is 0 Å². The van der Waals surface area contributed by atoms with Crippen LogP contribution in [0.2, 0.25) is 0 Å². The maximum Gasteiger partial charge on any atom is 0.246 e. The number of methoxy groups -OCH3 is 1. The lowest BCUT2D eigenvalue weighted by molar-refractivity contribution is -0.142. The normalized spacial score (nSPS) is 18.8. The summed E-state index contributed by atoms with van der Waals surface area (Å²) in [7, 11) is 3.35. The maximum atomic E-state index is 13.5. The van der Waals surface area contributed by atoms with Gasteiger partial charge in [0.15, 0.2) is 0 Å². The van der Waals surface area contributed by atoms with Crippen LogP contribution >= 0.6 is 0 Å². The van der Waals surface area contributed by atoms with Gasteiger partial charge in [-0.05, 0) is 49.1 Å². The molecule has 4 N–H and O–H groups in total. The second-order valence-corrected chi connectivity index (χ2v) is 8.51. The van der Waals surface area contributed by atoms with Crippen molar-refractivity contribution < 1.29 is 14.3 Å². The molecule has 0 radical (unpaired) electrons. The molecule has 0 aliphatic carbocycles. The van der Waals surface area contributed by atoms with E-state index in [0.717, 1.165) is 11.3 Å². The number of likely N-dealkylation sites (N-methyl/N-ethyl adjacent to an activating group) is 1. The fourth-order valence-electron chi connectivity index (χ4n) is 3.43. The van der Waals surface area contributed by atoms with E-state index in [9.17, 15) is 9.59 Å². The Bertz CT molecular complexity index is 714. The molecule has 1 aliphatic rings. The molecule has 156 valence electrons. The fourth-order valence-corrected chi connectivity index (χ4v) is 3.43. The summed E-state index contributed by atoms with van der Waals surface area (Å²) in [5.41, 5.74) is 7.81. The summed E-state index contributed by atoms with van der Waals surface area (Å²) >= 11 is 0. The molecule has 0 unspecified atom stereocenters. The van der Waals surface area contributed by atoms with E-state index in [1.54, 1.807) is 21.1 Å². The molecule has 3 atom stereocenters. The lowest BCUT2D eigenvalue weighted by Crippen LogP contribution is -2.60. The Kier molecular flexibility index (Phi) is 7.06. The zero-order valence-electron chi connectivity index (χ0n) is 17.8. The average molecular weight is 391 g/mol. The highest BCUT2D eigenvalue weighted by atomic mass is 16.5. The van der Waals surface area contributed by atoms with Crippen molar-refractivity contribution >= 4 is 11.8 Å². The van der Waals surface area contributed by atoms with Crippen LogP contribution in [0.3, 0.4) is 0 Å². The molecule has 28 heavy (non-hydrogen) atoms. The van der Waals surface area contributed by atoms with Gasteiger partial charge in [-0.3, -0.25) is 9.59 Å². The van der Waals surface area contributed by atoms with Gasteiger partial charge in [-0.15, -0.1) is 0 Å². The van der Waals surface area contributed by atoms with Gasteiger partial charge in [0.1, 0.15) is 11.8 Å². The summed E-state index contributed by atoms with van der Waals surface area (Å²) in [5, 5.41) is 5.85. The van der Waals surface area contributed by atoms with Gasteiger partial charge in [0.05, 0.1) is 13.2 Å². The third-order valence-corrected chi connectivity index (χ3v) is 5.43. The van der Waals surface area contributed by atoms with Crippen molar-refractivity contribution in [2.24, 2.45) is 11.1 Å². The van der Waals surface area contributed by atoms with E-state index < -0.39 is 11.5 Å². The number of benzene rings is 1. The Morgan fingerprint density at radius 3 is 2.54 bits per heavy atom. The number of fused-ring (bicyclic) bond motifs is 1. The van der Waals surface area contributed by atoms with Crippen molar-refractivity contribution in [2.45, 2.75) is 58.8 Å². The lowest BCUT2D eigenvalue weighted by Gasteiger charge is -2.41. The summed E-state index contributed by atoms with van der Waals surface area (Å²) in [4.78, 5) is 27.8. The van der Waals surface area contributed by atoms with Crippen molar-refractivity contribution in [3.8, 4) is 5.75 Å². The molecule has 0 fully saturated rings. The summed E-state index contributed by atoms with van der Waals surface area (Å²) < 4.78 is 5.33. The van der Waals surface area contributed by atoms with Gasteiger partial charge in [-0.2, -0.15) is 0 Å². The second-order valence-electron chi connectivity index (χ2n) is 8.51. The smallest absolute Gasteiger partial charge is 0.246 e. The van der Waals surface area contributed by atoms with E-state index in [1.165, 1.54) is 5.56 Å². The highest BCUT2D eigenvalue weighted by Gasteiger charge is 2.39. The summed E-state index contributed by atoms with van der Waals surface area (Å²) in [6.07, 6.45) is 0.694. The van der Waals surface area contributed by atoms with Gasteiger partial charge < -0.3 is 26.0 Å². The highest BCUT2D eigenvalue weighted by Crippen LogP contribution is 2.29. The topological polar surface area (TPSA) is 96.7 Å². The van der Waals surface area contributed by atoms with Crippen LogP contribution in [-0.2, 0) is 22.6 Å². The highest BCUT2D eigenvalue weighted by molar-refractivity contribution is 5.90. The van der Waals surface area contributed by atoms with Gasteiger partial charge in [0.2, 0.25) is 11.8 Å². The first-order chi connectivity index (χ1) is 13.1. The zero-order valence-corrected chi connectivity index (χ0v) is 17.8. The van der Waals surface area contributed by atoms with Crippen LogP contribution in [0, 0.1) is 5.41 Å². The molecule has 2 amide bonds. The quantitative estimate of drug-likeness (QED) is 0.675. The minimum absolute atomic E-state index is 0.100. The lowest BCUT2D eigenvalue weighted by atomic mass is 9.84. The average Bonchev–Trinajstić information content (AvgIpc) is 2.68.